The number of pyridine rings is 1. The number of aromatic nitrogens is 3. The molecule has 1 aromatic carbocycles. The molecule has 0 saturated carbocycles. The number of hydrogen-bond donors (Lipinski definition) is 2. The third-order valence-corrected chi connectivity index (χ3v) is 5.40. The minimum absolute atomic E-state index is 0.146. The molecule has 2 N–H and O–H groups in total. The third kappa shape index (κ3) is 5.40. The first-order chi connectivity index (χ1) is 16.5. The predicted molar refractivity (Wildman–Crippen MR) is 124 cm³/mol. The smallest absolute Gasteiger partial charge is 0.407 e. The van der Waals surface area contributed by atoms with Gasteiger partial charge in [0.25, 0.3) is 0 Å². The number of likely N-dealkylation sites (tertiary alicyclic amines) is 1. The molecule has 34 heavy (non-hydrogen) atoms. The predicted octanol–water partition coefficient (Wildman–Crippen LogP) is 4.06. The van der Waals surface area contributed by atoms with Crippen LogP contribution in [0.5, 0.6) is 11.6 Å². The van der Waals surface area contributed by atoms with Gasteiger partial charge in [-0.25, -0.2) is 14.6 Å². The number of nitrogens with one attached hydrogen (secondary N) is 1. The molecule has 10 nitrogen and oxygen atoms in total. The van der Waals surface area contributed by atoms with E-state index in [-0.39, 0.29) is 11.9 Å². The van der Waals surface area contributed by atoms with Crippen LogP contribution in [0.15, 0.2) is 55.0 Å². The second-order valence-electron chi connectivity index (χ2n) is 7.65. The Balaban J connectivity index is 1.57. The molecule has 1 aliphatic heterocycles. The zero-order valence-corrected chi connectivity index (χ0v) is 18.7. The largest absolute Gasteiger partial charge is 0.465 e. The van der Waals surface area contributed by atoms with Crippen LogP contribution in [0.25, 0.3) is 11.4 Å². The van der Waals surface area contributed by atoms with Crippen LogP contribution in [0.1, 0.15) is 30.1 Å². The maximum Gasteiger partial charge on any atom is 0.407 e. The lowest BCUT2D eigenvalue weighted by Crippen LogP contribution is -2.38. The number of carboxylic acid groups (broad SMARTS) is 1. The standard InChI is InChI=1S/C24H25N5O5/c1-2-33-23(30)16-7-9-19(10-8-16)34-22-20(26-14-18-6-4-12-29(18)24(31)32)15-27-21(28-22)17-5-3-11-25-13-17/h3,5,7-11,13,15,18,26H,2,4,6,12,14H2,1H3,(H,31,32)/t18-/m0/s1. The number of carbonyl (C=O) groups excluding carboxylic acids is 1. The van der Waals surface area contributed by atoms with E-state index in [9.17, 15) is 14.7 Å². The third-order valence-electron chi connectivity index (χ3n) is 5.40. The van der Waals surface area contributed by atoms with Gasteiger partial charge in [-0.05, 0) is 56.2 Å². The zero-order valence-electron chi connectivity index (χ0n) is 18.7. The van der Waals surface area contributed by atoms with Gasteiger partial charge in [0, 0.05) is 31.0 Å². The summed E-state index contributed by atoms with van der Waals surface area (Å²) in [7, 11) is 0. The summed E-state index contributed by atoms with van der Waals surface area (Å²) in [6.45, 7) is 2.97. The quantitative estimate of drug-likeness (QED) is 0.475. The van der Waals surface area contributed by atoms with Gasteiger partial charge in [-0.3, -0.25) is 4.98 Å². The van der Waals surface area contributed by atoms with Crippen molar-refractivity contribution in [2.45, 2.75) is 25.8 Å². The van der Waals surface area contributed by atoms with Crippen LogP contribution in [0, 0.1) is 0 Å². The molecule has 3 heterocycles. The molecule has 1 amide bonds. The Kier molecular flexibility index (Phi) is 7.16. The van der Waals surface area contributed by atoms with E-state index < -0.39 is 12.1 Å². The Morgan fingerprint density at radius 1 is 1.21 bits per heavy atom. The number of hydrogen-bond acceptors (Lipinski definition) is 8. The maximum atomic E-state index is 11.9. The summed E-state index contributed by atoms with van der Waals surface area (Å²) in [5.74, 6) is 0.777. The van der Waals surface area contributed by atoms with E-state index in [1.165, 1.54) is 4.90 Å². The van der Waals surface area contributed by atoms with Crippen molar-refractivity contribution in [2.24, 2.45) is 0 Å². The molecule has 0 bridgehead atoms. The highest BCUT2D eigenvalue weighted by atomic mass is 16.5. The van der Waals surface area contributed by atoms with Gasteiger partial charge in [-0.15, -0.1) is 0 Å². The van der Waals surface area contributed by atoms with Gasteiger partial charge in [0.2, 0.25) is 5.88 Å². The summed E-state index contributed by atoms with van der Waals surface area (Å²) in [4.78, 5) is 37.9. The Labute approximate surface area is 196 Å². The van der Waals surface area contributed by atoms with Gasteiger partial charge in [0.1, 0.15) is 11.4 Å². The number of nitrogens with zero attached hydrogens (tertiary/aromatic N) is 4. The average Bonchev–Trinajstić information content (AvgIpc) is 3.33. The lowest BCUT2D eigenvalue weighted by atomic mass is 10.2. The fourth-order valence-corrected chi connectivity index (χ4v) is 3.71. The highest BCUT2D eigenvalue weighted by Crippen LogP contribution is 2.30. The first-order valence-corrected chi connectivity index (χ1v) is 11.0. The van der Waals surface area contributed by atoms with Crippen LogP contribution in [0.2, 0.25) is 0 Å². The topological polar surface area (TPSA) is 127 Å². The van der Waals surface area contributed by atoms with Gasteiger partial charge in [-0.1, -0.05) is 0 Å². The Hall–Kier alpha value is -4.21. The number of amides is 1. The fraction of sp³-hybridized carbons (Fsp3) is 0.292. The fourth-order valence-electron chi connectivity index (χ4n) is 3.71. The SMILES string of the molecule is CCOC(=O)c1ccc(Oc2nc(-c3cccnc3)ncc2NC[C@@H]2CCCN2C(=O)O)cc1. The molecule has 1 atom stereocenters. The van der Waals surface area contributed by atoms with E-state index in [0.717, 1.165) is 18.4 Å². The summed E-state index contributed by atoms with van der Waals surface area (Å²) in [5, 5.41) is 12.6. The van der Waals surface area contributed by atoms with Crippen molar-refractivity contribution < 1.29 is 24.2 Å². The number of benzene rings is 1. The van der Waals surface area contributed by atoms with Gasteiger partial charge in [0.15, 0.2) is 5.82 Å². The van der Waals surface area contributed by atoms with Crippen molar-refractivity contribution >= 4 is 17.7 Å². The van der Waals surface area contributed by atoms with E-state index in [0.29, 0.717) is 42.5 Å². The van der Waals surface area contributed by atoms with Crippen molar-refractivity contribution in [3.8, 4) is 23.0 Å². The normalized spacial score (nSPS) is 15.1. The average molecular weight is 463 g/mol. The van der Waals surface area contributed by atoms with Crippen molar-refractivity contribution in [2.75, 3.05) is 25.0 Å². The van der Waals surface area contributed by atoms with E-state index in [1.54, 1.807) is 55.8 Å². The van der Waals surface area contributed by atoms with Crippen molar-refractivity contribution in [1.82, 2.24) is 19.9 Å². The zero-order chi connectivity index (χ0) is 23.9. The molecule has 0 unspecified atom stereocenters. The summed E-state index contributed by atoms with van der Waals surface area (Å²) < 4.78 is 11.1. The first-order valence-electron chi connectivity index (χ1n) is 11.0. The van der Waals surface area contributed by atoms with Crippen molar-refractivity contribution in [3.05, 3.63) is 60.6 Å². The second kappa shape index (κ2) is 10.6. The second-order valence-corrected chi connectivity index (χ2v) is 7.65. The number of rotatable bonds is 8. The Morgan fingerprint density at radius 2 is 2.03 bits per heavy atom. The Bertz CT molecular complexity index is 1140. The summed E-state index contributed by atoms with van der Waals surface area (Å²) in [6.07, 6.45) is 5.61. The molecule has 3 aromatic rings. The van der Waals surface area contributed by atoms with Gasteiger partial charge in [0.05, 0.1) is 24.4 Å². The molecular formula is C24H25N5O5. The van der Waals surface area contributed by atoms with E-state index in [1.807, 2.05) is 6.07 Å². The molecule has 0 spiro atoms. The van der Waals surface area contributed by atoms with E-state index in [4.69, 9.17) is 9.47 Å². The molecule has 1 fully saturated rings. The minimum Gasteiger partial charge on any atom is -0.465 e. The summed E-state index contributed by atoms with van der Waals surface area (Å²) in [6, 6.07) is 10.0. The summed E-state index contributed by atoms with van der Waals surface area (Å²) >= 11 is 0. The lowest BCUT2D eigenvalue weighted by Gasteiger charge is -2.22. The van der Waals surface area contributed by atoms with Crippen LogP contribution < -0.4 is 10.1 Å². The van der Waals surface area contributed by atoms with E-state index >= 15 is 0 Å². The van der Waals surface area contributed by atoms with Gasteiger partial charge in [-0.2, -0.15) is 4.98 Å². The van der Waals surface area contributed by atoms with Gasteiger partial charge < -0.3 is 24.8 Å². The van der Waals surface area contributed by atoms with Crippen LogP contribution in [0.3, 0.4) is 0 Å². The number of ether oxygens (including phenoxy) is 2. The highest BCUT2D eigenvalue weighted by Gasteiger charge is 2.28. The molecule has 176 valence electrons. The molecule has 2 aromatic heterocycles. The molecule has 1 saturated heterocycles. The highest BCUT2D eigenvalue weighted by molar-refractivity contribution is 5.89. The van der Waals surface area contributed by atoms with Crippen LogP contribution in [0.4, 0.5) is 10.5 Å². The minimum atomic E-state index is -0.925. The number of carbonyl (C=O) groups is 2. The molecule has 0 radical (unpaired) electrons. The van der Waals surface area contributed by atoms with Gasteiger partial charge >= 0.3 is 12.1 Å². The lowest BCUT2D eigenvalue weighted by molar-refractivity contribution is 0.0526. The van der Waals surface area contributed by atoms with Crippen molar-refractivity contribution in [1.29, 1.82) is 0 Å². The number of anilines is 1. The van der Waals surface area contributed by atoms with Crippen molar-refractivity contribution in [3.63, 3.8) is 0 Å². The number of esters is 1. The molecular weight excluding hydrogens is 438 g/mol. The monoisotopic (exact) mass is 463 g/mol. The molecule has 0 aliphatic carbocycles. The molecule has 4 rings (SSSR count). The molecule has 1 aliphatic rings. The first kappa shape index (κ1) is 23.0. The van der Waals surface area contributed by atoms with Crippen LogP contribution in [-0.4, -0.2) is 62.8 Å². The van der Waals surface area contributed by atoms with Crippen LogP contribution >= 0.6 is 0 Å². The Morgan fingerprint density at radius 3 is 2.74 bits per heavy atom. The maximum absolute atomic E-state index is 11.9. The van der Waals surface area contributed by atoms with E-state index in [2.05, 4.69) is 20.3 Å². The van der Waals surface area contributed by atoms with Crippen LogP contribution in [-0.2, 0) is 4.74 Å². The summed E-state index contributed by atoms with van der Waals surface area (Å²) in [5.41, 5.74) is 1.67. The molecule has 10 heteroatoms.